The molecule has 0 saturated heterocycles. The zero-order valence-electron chi connectivity index (χ0n) is 11.7. The number of anilines is 1. The van der Waals surface area contributed by atoms with E-state index in [2.05, 4.69) is 62.1 Å². The van der Waals surface area contributed by atoms with Crippen molar-refractivity contribution in [2.75, 3.05) is 18.9 Å². The predicted molar refractivity (Wildman–Crippen MR) is 74.2 cm³/mol. The first-order valence-electron chi connectivity index (χ1n) is 6.39. The van der Waals surface area contributed by atoms with Gasteiger partial charge in [-0.15, -0.1) is 0 Å². The van der Waals surface area contributed by atoms with Crippen LogP contribution in [-0.2, 0) is 6.54 Å². The van der Waals surface area contributed by atoms with E-state index in [0.717, 1.165) is 25.3 Å². The van der Waals surface area contributed by atoms with Crippen LogP contribution in [0.1, 0.15) is 39.7 Å². The summed E-state index contributed by atoms with van der Waals surface area (Å²) in [5.74, 6) is 0.965. The van der Waals surface area contributed by atoms with Gasteiger partial charge >= 0.3 is 0 Å². The van der Waals surface area contributed by atoms with Crippen LogP contribution in [0, 0.1) is 0 Å². The quantitative estimate of drug-likeness (QED) is 0.821. The SMILES string of the molecule is CCNc1cc(CN(C)C(C)(C)CC)ccn1. The molecule has 1 N–H and O–H groups in total. The number of aromatic nitrogens is 1. The maximum absolute atomic E-state index is 4.29. The topological polar surface area (TPSA) is 28.2 Å². The van der Waals surface area contributed by atoms with Crippen molar-refractivity contribution < 1.29 is 0 Å². The standard InChI is InChI=1S/C14H25N3/c1-6-14(3,4)17(5)11-12-8-9-16-13(10-12)15-7-2/h8-10H,6-7,11H2,1-5H3,(H,15,16). The van der Waals surface area contributed by atoms with Gasteiger partial charge in [0.1, 0.15) is 5.82 Å². The molecule has 3 nitrogen and oxygen atoms in total. The van der Waals surface area contributed by atoms with Crippen LogP contribution in [0.15, 0.2) is 18.3 Å². The maximum atomic E-state index is 4.29. The van der Waals surface area contributed by atoms with Gasteiger partial charge < -0.3 is 5.32 Å². The summed E-state index contributed by atoms with van der Waals surface area (Å²) < 4.78 is 0. The third-order valence-corrected chi connectivity index (χ3v) is 3.50. The van der Waals surface area contributed by atoms with E-state index in [1.807, 2.05) is 6.20 Å². The van der Waals surface area contributed by atoms with Gasteiger partial charge in [-0.05, 0) is 51.9 Å². The van der Waals surface area contributed by atoms with Gasteiger partial charge in [0.05, 0.1) is 0 Å². The Labute approximate surface area is 105 Å². The Morgan fingerprint density at radius 1 is 1.35 bits per heavy atom. The summed E-state index contributed by atoms with van der Waals surface area (Å²) in [6.45, 7) is 10.7. The Morgan fingerprint density at radius 2 is 2.06 bits per heavy atom. The van der Waals surface area contributed by atoms with Crippen LogP contribution in [0.3, 0.4) is 0 Å². The summed E-state index contributed by atoms with van der Waals surface area (Å²) >= 11 is 0. The highest BCUT2D eigenvalue weighted by Gasteiger charge is 2.20. The fraction of sp³-hybridized carbons (Fsp3) is 0.643. The number of rotatable bonds is 6. The third kappa shape index (κ3) is 4.00. The Morgan fingerprint density at radius 3 is 2.65 bits per heavy atom. The lowest BCUT2D eigenvalue weighted by molar-refractivity contribution is 0.143. The van der Waals surface area contributed by atoms with Crippen molar-refractivity contribution in [1.29, 1.82) is 0 Å². The second kappa shape index (κ2) is 6.01. The van der Waals surface area contributed by atoms with E-state index in [1.165, 1.54) is 5.56 Å². The summed E-state index contributed by atoms with van der Waals surface area (Å²) in [5.41, 5.74) is 1.54. The highest BCUT2D eigenvalue weighted by Crippen LogP contribution is 2.19. The van der Waals surface area contributed by atoms with Crippen molar-refractivity contribution in [1.82, 2.24) is 9.88 Å². The van der Waals surface area contributed by atoms with Gasteiger partial charge in [0.25, 0.3) is 0 Å². The van der Waals surface area contributed by atoms with Crippen LogP contribution < -0.4 is 5.32 Å². The minimum Gasteiger partial charge on any atom is -0.370 e. The molecule has 0 unspecified atom stereocenters. The molecule has 96 valence electrons. The zero-order chi connectivity index (χ0) is 12.9. The van der Waals surface area contributed by atoms with Crippen LogP contribution in [-0.4, -0.2) is 29.0 Å². The minimum absolute atomic E-state index is 0.238. The summed E-state index contributed by atoms with van der Waals surface area (Å²) in [7, 11) is 2.18. The molecule has 0 aromatic carbocycles. The van der Waals surface area contributed by atoms with Gasteiger partial charge in [-0.3, -0.25) is 4.90 Å². The molecule has 3 heteroatoms. The Kier molecular flexibility index (Phi) is 4.94. The Bertz CT molecular complexity index is 347. The fourth-order valence-electron chi connectivity index (χ4n) is 1.61. The molecule has 0 saturated carbocycles. The van der Waals surface area contributed by atoms with Crippen molar-refractivity contribution in [3.63, 3.8) is 0 Å². The zero-order valence-corrected chi connectivity index (χ0v) is 11.7. The molecule has 0 aliphatic carbocycles. The highest BCUT2D eigenvalue weighted by atomic mass is 15.2. The molecule has 0 fully saturated rings. The van der Waals surface area contributed by atoms with Gasteiger partial charge in [-0.2, -0.15) is 0 Å². The van der Waals surface area contributed by atoms with Gasteiger partial charge in [0.15, 0.2) is 0 Å². The minimum atomic E-state index is 0.238. The van der Waals surface area contributed by atoms with Gasteiger partial charge in [-0.1, -0.05) is 6.92 Å². The van der Waals surface area contributed by atoms with Gasteiger partial charge in [-0.25, -0.2) is 4.98 Å². The number of pyridine rings is 1. The Hall–Kier alpha value is -1.09. The molecule has 0 bridgehead atoms. The lowest BCUT2D eigenvalue weighted by Crippen LogP contribution is -2.39. The first-order chi connectivity index (χ1) is 7.99. The first-order valence-corrected chi connectivity index (χ1v) is 6.39. The molecule has 0 aliphatic rings. The second-order valence-electron chi connectivity index (χ2n) is 5.10. The molecule has 1 heterocycles. The van der Waals surface area contributed by atoms with E-state index in [-0.39, 0.29) is 5.54 Å². The van der Waals surface area contributed by atoms with Crippen molar-refractivity contribution in [2.45, 2.75) is 46.2 Å². The molecule has 0 atom stereocenters. The van der Waals surface area contributed by atoms with Gasteiger partial charge in [0.2, 0.25) is 0 Å². The molecule has 1 aromatic heterocycles. The third-order valence-electron chi connectivity index (χ3n) is 3.50. The largest absolute Gasteiger partial charge is 0.370 e. The summed E-state index contributed by atoms with van der Waals surface area (Å²) in [5, 5.41) is 3.24. The van der Waals surface area contributed by atoms with E-state index in [4.69, 9.17) is 0 Å². The molecular weight excluding hydrogens is 210 g/mol. The summed E-state index contributed by atoms with van der Waals surface area (Å²) in [6.07, 6.45) is 3.02. The summed E-state index contributed by atoms with van der Waals surface area (Å²) in [6, 6.07) is 4.22. The first kappa shape index (κ1) is 14.0. The summed E-state index contributed by atoms with van der Waals surface area (Å²) in [4.78, 5) is 6.68. The van der Waals surface area contributed by atoms with E-state index in [0.29, 0.717) is 0 Å². The average Bonchev–Trinajstić information content (AvgIpc) is 2.30. The average molecular weight is 235 g/mol. The maximum Gasteiger partial charge on any atom is 0.126 e. The van der Waals surface area contributed by atoms with Crippen LogP contribution in [0.4, 0.5) is 5.82 Å². The predicted octanol–water partition coefficient (Wildman–Crippen LogP) is 3.13. The van der Waals surface area contributed by atoms with Crippen molar-refractivity contribution in [2.24, 2.45) is 0 Å². The van der Waals surface area contributed by atoms with E-state index < -0.39 is 0 Å². The van der Waals surface area contributed by atoms with E-state index >= 15 is 0 Å². The highest BCUT2D eigenvalue weighted by molar-refractivity contribution is 5.37. The molecule has 17 heavy (non-hydrogen) atoms. The monoisotopic (exact) mass is 235 g/mol. The Balaban J connectivity index is 2.71. The number of hydrogen-bond acceptors (Lipinski definition) is 3. The van der Waals surface area contributed by atoms with Crippen LogP contribution >= 0.6 is 0 Å². The number of nitrogens with zero attached hydrogens (tertiary/aromatic N) is 2. The molecule has 0 spiro atoms. The van der Waals surface area contributed by atoms with Crippen LogP contribution in [0.25, 0.3) is 0 Å². The lowest BCUT2D eigenvalue weighted by Gasteiger charge is -2.34. The van der Waals surface area contributed by atoms with Crippen molar-refractivity contribution in [3.05, 3.63) is 23.9 Å². The smallest absolute Gasteiger partial charge is 0.126 e. The number of hydrogen-bond donors (Lipinski definition) is 1. The van der Waals surface area contributed by atoms with Gasteiger partial charge in [0, 0.05) is 24.8 Å². The fourth-order valence-corrected chi connectivity index (χ4v) is 1.61. The van der Waals surface area contributed by atoms with E-state index in [1.54, 1.807) is 0 Å². The van der Waals surface area contributed by atoms with Crippen LogP contribution in [0.2, 0.25) is 0 Å². The lowest BCUT2D eigenvalue weighted by atomic mass is 9.99. The second-order valence-corrected chi connectivity index (χ2v) is 5.10. The molecule has 0 radical (unpaired) electrons. The van der Waals surface area contributed by atoms with Crippen molar-refractivity contribution in [3.8, 4) is 0 Å². The molecule has 1 rings (SSSR count). The molecular formula is C14H25N3. The molecule has 0 aliphatic heterocycles. The molecule has 0 amide bonds. The molecule has 1 aromatic rings. The van der Waals surface area contributed by atoms with E-state index in [9.17, 15) is 0 Å². The number of nitrogens with one attached hydrogen (secondary N) is 1. The van der Waals surface area contributed by atoms with Crippen LogP contribution in [0.5, 0.6) is 0 Å². The van der Waals surface area contributed by atoms with Crippen molar-refractivity contribution >= 4 is 5.82 Å². The normalized spacial score (nSPS) is 11.9.